The molecular weight excluding hydrogens is 630 g/mol. The van der Waals surface area contributed by atoms with Gasteiger partial charge in [0.1, 0.15) is 17.7 Å². The Kier molecular flexibility index (Phi) is 10.9. The Morgan fingerprint density at radius 3 is 2.50 bits per heavy atom. The van der Waals surface area contributed by atoms with Crippen LogP contribution in [0.5, 0.6) is 5.75 Å². The first-order valence-corrected chi connectivity index (χ1v) is 18.3. The molecule has 0 unspecified atom stereocenters. The lowest BCUT2D eigenvalue weighted by molar-refractivity contribution is 0.171. The predicted molar refractivity (Wildman–Crippen MR) is 188 cm³/mol. The molecule has 0 spiro atoms. The number of sulfonamides is 1. The third kappa shape index (κ3) is 9.24. The van der Waals surface area contributed by atoms with E-state index in [0.29, 0.717) is 36.5 Å². The predicted octanol–water partition coefficient (Wildman–Crippen LogP) is 5.42. The number of nitrogens with zero attached hydrogens (tertiary/aromatic N) is 4. The number of nitrogens with one attached hydrogen (secondary N) is 3. The van der Waals surface area contributed by atoms with Crippen molar-refractivity contribution in [3.05, 3.63) is 83.3 Å². The van der Waals surface area contributed by atoms with E-state index >= 15 is 0 Å². The van der Waals surface area contributed by atoms with Gasteiger partial charge in [-0.2, -0.15) is 0 Å². The first kappa shape index (κ1) is 35.1. The molecular formula is C35H47N7O5S. The Morgan fingerprint density at radius 2 is 1.77 bits per heavy atom. The highest BCUT2D eigenvalue weighted by atomic mass is 32.2. The van der Waals surface area contributed by atoms with Crippen LogP contribution >= 0.6 is 0 Å². The fraction of sp³-hybridized carbons (Fsp3) is 0.457. The summed E-state index contributed by atoms with van der Waals surface area (Å²) in [4.78, 5) is 15.4. The van der Waals surface area contributed by atoms with E-state index in [9.17, 15) is 13.2 Å². The number of carbonyl (C=O) groups excluding carboxylic acids is 1. The van der Waals surface area contributed by atoms with Crippen LogP contribution in [0.15, 0.2) is 60.8 Å². The highest BCUT2D eigenvalue weighted by molar-refractivity contribution is 7.92. The van der Waals surface area contributed by atoms with Gasteiger partial charge in [0.2, 0.25) is 10.0 Å². The van der Waals surface area contributed by atoms with Crippen molar-refractivity contribution in [3.8, 4) is 5.75 Å². The molecule has 0 aliphatic heterocycles. The number of aromatic nitrogens is 3. The van der Waals surface area contributed by atoms with Crippen LogP contribution in [0.4, 0.5) is 16.2 Å². The summed E-state index contributed by atoms with van der Waals surface area (Å²) >= 11 is 0. The van der Waals surface area contributed by atoms with Crippen LogP contribution in [0, 0.1) is 0 Å². The van der Waals surface area contributed by atoms with Gasteiger partial charge in [0.15, 0.2) is 5.65 Å². The second-order valence-corrected chi connectivity index (χ2v) is 15.3. The van der Waals surface area contributed by atoms with E-state index in [0.717, 1.165) is 60.2 Å². The lowest BCUT2D eigenvalue weighted by Crippen LogP contribution is -2.35. The number of likely N-dealkylation sites (N-methyl/N-ethyl adjacent to an activating group) is 1. The monoisotopic (exact) mass is 677 g/mol. The Balaban J connectivity index is 1.26. The maximum atomic E-state index is 13.3. The van der Waals surface area contributed by atoms with Crippen LogP contribution < -0.4 is 20.1 Å². The van der Waals surface area contributed by atoms with Crippen LogP contribution in [0.1, 0.15) is 81.1 Å². The molecule has 2 atom stereocenters. The molecule has 0 radical (unpaired) electrons. The minimum absolute atomic E-state index is 0.161. The van der Waals surface area contributed by atoms with Gasteiger partial charge in [-0.25, -0.2) is 13.2 Å². The molecule has 12 nitrogen and oxygen atoms in total. The second-order valence-electron chi connectivity index (χ2n) is 13.6. The number of unbranched alkanes of at least 4 members (excludes halogenated alkanes) is 1. The van der Waals surface area contributed by atoms with Crippen LogP contribution in [0.3, 0.4) is 0 Å². The number of hydrogen-bond acceptors (Lipinski definition) is 8. The van der Waals surface area contributed by atoms with E-state index in [4.69, 9.17) is 9.84 Å². The molecule has 48 heavy (non-hydrogen) atoms. The number of amides is 2. The topological polar surface area (TPSA) is 150 Å². The molecule has 2 aromatic carbocycles. The summed E-state index contributed by atoms with van der Waals surface area (Å²) in [6.07, 6.45) is 6.95. The van der Waals surface area contributed by atoms with E-state index < -0.39 is 10.0 Å². The largest absolute Gasteiger partial charge is 0.484 e. The molecule has 0 saturated heterocycles. The van der Waals surface area contributed by atoms with Crippen molar-refractivity contribution in [2.75, 3.05) is 43.0 Å². The molecule has 2 amide bonds. The Labute approximate surface area is 283 Å². The highest BCUT2D eigenvalue weighted by Crippen LogP contribution is 2.39. The number of rotatable bonds is 13. The molecule has 1 aliphatic carbocycles. The van der Waals surface area contributed by atoms with Gasteiger partial charge in [0, 0.05) is 18.7 Å². The maximum absolute atomic E-state index is 13.3. The number of ether oxygens (including phenoxy) is 1. The van der Waals surface area contributed by atoms with Crippen molar-refractivity contribution >= 4 is 33.1 Å². The Hall–Kier alpha value is -4.20. The van der Waals surface area contributed by atoms with Crippen LogP contribution in [0.25, 0.3) is 5.65 Å². The van der Waals surface area contributed by atoms with Crippen LogP contribution in [0.2, 0.25) is 0 Å². The summed E-state index contributed by atoms with van der Waals surface area (Å²) in [6.45, 7) is 7.83. The molecule has 4 N–H and O–H groups in total. The number of aliphatic hydroxyl groups is 1. The van der Waals surface area contributed by atoms with Crippen molar-refractivity contribution in [2.45, 2.75) is 70.4 Å². The minimum Gasteiger partial charge on any atom is -0.484 e. The third-order valence-corrected chi connectivity index (χ3v) is 9.10. The summed E-state index contributed by atoms with van der Waals surface area (Å²) in [7, 11) is -1.49. The molecule has 5 rings (SSSR count). The van der Waals surface area contributed by atoms with Gasteiger partial charge in [-0.1, -0.05) is 45.0 Å². The number of aliphatic hydroxyl groups excluding tert-OH is 1. The molecule has 0 bridgehead atoms. The molecule has 13 heteroatoms. The summed E-state index contributed by atoms with van der Waals surface area (Å²) < 4.78 is 34.9. The van der Waals surface area contributed by atoms with E-state index in [2.05, 4.69) is 30.5 Å². The number of pyridine rings is 1. The summed E-state index contributed by atoms with van der Waals surface area (Å²) in [6, 6.07) is 16.5. The quantitative estimate of drug-likeness (QED) is 0.137. The number of aryl methyl sites for hydroxylation is 1. The number of benzene rings is 2. The fourth-order valence-electron chi connectivity index (χ4n) is 6.02. The fourth-order valence-corrected chi connectivity index (χ4v) is 6.57. The lowest BCUT2D eigenvalue weighted by Gasteiger charge is -2.32. The lowest BCUT2D eigenvalue weighted by atomic mass is 9.85. The SMILES string of the molecule is CN(CCO)CCCCc1nnc2ccc(O[C@@H]3CC[C@H](NC(=O)Nc4cc(NS(C)(=O)=O)cc(C(C)(C)C)c4)c4ccccc43)cn12. The number of urea groups is 1. The zero-order valence-corrected chi connectivity index (χ0v) is 29.2. The molecule has 2 heterocycles. The second kappa shape index (κ2) is 14.9. The molecule has 0 saturated carbocycles. The Morgan fingerprint density at radius 1 is 1.02 bits per heavy atom. The first-order valence-electron chi connectivity index (χ1n) is 16.4. The molecule has 1 aliphatic rings. The van der Waals surface area contributed by atoms with Crippen molar-refractivity contribution in [2.24, 2.45) is 0 Å². The van der Waals surface area contributed by atoms with Crippen LogP contribution in [-0.4, -0.2) is 72.1 Å². The number of anilines is 2. The van der Waals surface area contributed by atoms with Crippen molar-refractivity contribution in [3.63, 3.8) is 0 Å². The van der Waals surface area contributed by atoms with E-state index in [1.807, 2.05) is 80.9 Å². The number of hydrogen-bond donors (Lipinski definition) is 4. The smallest absolute Gasteiger partial charge is 0.319 e. The van der Waals surface area contributed by atoms with E-state index in [-0.39, 0.29) is 30.2 Å². The molecule has 258 valence electrons. The first-order chi connectivity index (χ1) is 22.8. The number of carbonyl (C=O) groups is 1. The normalized spacial score (nSPS) is 16.5. The average Bonchev–Trinajstić information content (AvgIpc) is 3.41. The summed E-state index contributed by atoms with van der Waals surface area (Å²) in [5.41, 5.74) is 4.27. The Bertz CT molecular complexity index is 1840. The van der Waals surface area contributed by atoms with Gasteiger partial charge in [0.05, 0.1) is 30.8 Å². The van der Waals surface area contributed by atoms with Crippen molar-refractivity contribution in [1.82, 2.24) is 24.8 Å². The number of fused-ring (bicyclic) bond motifs is 2. The van der Waals surface area contributed by atoms with Crippen molar-refractivity contribution < 1.29 is 23.1 Å². The molecule has 0 fully saturated rings. The standard InChI is InChI=1S/C35H47N7O5S/c1-35(2,3)24-20-25(22-26(21-24)40-48(5,45)46)36-34(44)37-30-14-15-31(29-11-7-6-10-28(29)30)47-27-13-16-33-39-38-32(42(33)23-27)12-8-9-17-41(4)18-19-43/h6-7,10-11,13,16,20-23,30-31,40,43H,8-9,12,14-15,17-19H2,1-5H3,(H2,36,37,44)/t30-,31+/m0/s1. The summed E-state index contributed by atoms with van der Waals surface area (Å²) in [5.74, 6) is 1.60. The van der Waals surface area contributed by atoms with E-state index in [1.165, 1.54) is 0 Å². The van der Waals surface area contributed by atoms with Crippen molar-refractivity contribution in [1.29, 1.82) is 0 Å². The van der Waals surface area contributed by atoms with E-state index in [1.54, 1.807) is 12.1 Å². The maximum Gasteiger partial charge on any atom is 0.319 e. The van der Waals surface area contributed by atoms with Gasteiger partial charge in [-0.05, 0) is 91.7 Å². The zero-order chi connectivity index (χ0) is 34.5. The minimum atomic E-state index is -3.49. The van der Waals surface area contributed by atoms with Gasteiger partial charge in [0.25, 0.3) is 0 Å². The van der Waals surface area contributed by atoms with Crippen LogP contribution in [-0.2, 0) is 21.9 Å². The summed E-state index contributed by atoms with van der Waals surface area (Å²) in [5, 5.41) is 23.9. The highest BCUT2D eigenvalue weighted by Gasteiger charge is 2.30. The average molecular weight is 678 g/mol. The van der Waals surface area contributed by atoms with Gasteiger partial charge >= 0.3 is 6.03 Å². The van der Waals surface area contributed by atoms with Gasteiger partial charge in [-0.15, -0.1) is 10.2 Å². The third-order valence-electron chi connectivity index (χ3n) is 8.50. The van der Waals surface area contributed by atoms with Gasteiger partial charge in [-0.3, -0.25) is 9.12 Å². The van der Waals surface area contributed by atoms with Gasteiger partial charge < -0.3 is 25.4 Å². The molecule has 2 aromatic heterocycles. The molecule has 4 aromatic rings. The zero-order valence-electron chi connectivity index (χ0n) is 28.4.